The molecule has 0 unspecified atom stereocenters. The van der Waals surface area contributed by atoms with Gasteiger partial charge in [0.2, 0.25) is 5.91 Å². The molecular weight excluding hydrogens is 707 g/mol. The van der Waals surface area contributed by atoms with Gasteiger partial charge < -0.3 is 15.4 Å². The Bertz CT molecular complexity index is 2090. The molecule has 2 aromatic carbocycles. The van der Waals surface area contributed by atoms with Crippen LogP contribution in [0.25, 0.3) is 0 Å². The predicted molar refractivity (Wildman–Crippen MR) is 185 cm³/mol. The molecule has 1 aliphatic carbocycles. The minimum Gasteiger partial charge on any atom is -0.490 e. The van der Waals surface area contributed by atoms with Gasteiger partial charge in [0.05, 0.1) is 27.8 Å². The lowest BCUT2D eigenvalue weighted by Crippen LogP contribution is -2.69. The average Bonchev–Trinajstić information content (AvgIpc) is 3.38. The van der Waals surface area contributed by atoms with Gasteiger partial charge in [-0.2, -0.15) is 5.26 Å². The maximum Gasteiger partial charge on any atom is 0.269 e. The van der Waals surface area contributed by atoms with Gasteiger partial charge in [-0.05, 0) is 80.5 Å². The summed E-state index contributed by atoms with van der Waals surface area (Å²) >= 11 is 6.14. The Morgan fingerprint density at radius 1 is 0.943 bits per heavy atom. The van der Waals surface area contributed by atoms with E-state index in [4.69, 9.17) is 27.3 Å². The molecule has 53 heavy (non-hydrogen) atoms. The van der Waals surface area contributed by atoms with Gasteiger partial charge in [0.25, 0.3) is 23.6 Å². The summed E-state index contributed by atoms with van der Waals surface area (Å²) in [5, 5.41) is 17.5. The Labute approximate surface area is 308 Å². The number of primary amides is 1. The summed E-state index contributed by atoms with van der Waals surface area (Å²) in [6.07, 6.45) is 2.68. The van der Waals surface area contributed by atoms with Gasteiger partial charge in [-0.3, -0.25) is 38.7 Å². The fraction of sp³-hybridized carbons (Fsp3) is 0.405. The molecule has 5 amide bonds. The van der Waals surface area contributed by atoms with E-state index in [0.29, 0.717) is 68.0 Å². The summed E-state index contributed by atoms with van der Waals surface area (Å²) in [7, 11) is 0. The lowest BCUT2D eigenvalue weighted by atomic mass is 9.87. The van der Waals surface area contributed by atoms with Crippen molar-refractivity contribution in [3.05, 3.63) is 81.3 Å². The van der Waals surface area contributed by atoms with E-state index < -0.39 is 41.5 Å². The third kappa shape index (κ3) is 6.15. The molecule has 272 valence electrons. The molecule has 0 spiro atoms. The molecule has 3 aromatic rings. The topological polar surface area (TPSA) is 183 Å². The Hall–Kier alpha value is -5.46. The smallest absolute Gasteiger partial charge is 0.269 e. The van der Waals surface area contributed by atoms with Crippen molar-refractivity contribution in [3.8, 4) is 11.8 Å². The molecule has 6 aliphatic rings. The van der Waals surface area contributed by atoms with Crippen molar-refractivity contribution in [2.24, 2.45) is 5.73 Å². The van der Waals surface area contributed by atoms with E-state index in [2.05, 4.69) is 20.0 Å². The number of likely N-dealkylation sites (tertiary alicyclic amines) is 1. The number of nitrogens with zero attached hydrogens (tertiary/aromatic N) is 7. The first-order chi connectivity index (χ1) is 25.5. The normalized spacial score (nSPS) is 25.6. The summed E-state index contributed by atoms with van der Waals surface area (Å²) < 4.78 is 21.7. The molecule has 2 N–H and O–H groups in total. The van der Waals surface area contributed by atoms with Crippen molar-refractivity contribution in [1.82, 2.24) is 24.9 Å². The number of imide groups is 2. The predicted octanol–water partition coefficient (Wildman–Crippen LogP) is 3.21. The first kappa shape index (κ1) is 34.6. The summed E-state index contributed by atoms with van der Waals surface area (Å²) in [5.41, 5.74) is 5.78. The molecule has 4 saturated heterocycles. The van der Waals surface area contributed by atoms with Crippen LogP contribution in [0, 0.1) is 17.1 Å². The number of nitrogens with two attached hydrogens (primary N) is 1. The van der Waals surface area contributed by atoms with Crippen LogP contribution in [0.5, 0.6) is 5.75 Å². The highest BCUT2D eigenvalue weighted by Crippen LogP contribution is 2.38. The van der Waals surface area contributed by atoms with Gasteiger partial charge in [0, 0.05) is 50.2 Å². The Morgan fingerprint density at radius 3 is 2.36 bits per heavy atom. The molecule has 2 bridgehead atoms. The summed E-state index contributed by atoms with van der Waals surface area (Å²) in [6.45, 7) is 1.63. The standard InChI is InChI=1S/C37H34ClFN8O6/c38-27-14-25(4-1-20(27)15-40)53-24-5-2-21(3-6-24)46-32(48)10-8-30(36(46)51)47-35(50)26-11-19(12-28(39)33(26)37(47)52)16-44-17-22-13-23(18-44)45(22)31-9-7-29(34(41)49)42-43-31/h1,4,7,9,11-12,14,21-24,30H,2-3,5-6,8,10,13,16-18H2,(H2,41,49)/t21?,22-,23-,24?,30-/m1/s1. The Balaban J connectivity index is 0.913. The van der Waals surface area contributed by atoms with E-state index in [0.717, 1.165) is 11.3 Å². The monoisotopic (exact) mass is 740 g/mol. The third-order valence-electron chi connectivity index (χ3n) is 11.0. The van der Waals surface area contributed by atoms with Crippen LogP contribution in [0.15, 0.2) is 42.5 Å². The summed E-state index contributed by atoms with van der Waals surface area (Å²) in [6, 6.07) is 11.5. The number of piperazine rings is 1. The molecule has 14 nitrogen and oxygen atoms in total. The average molecular weight is 741 g/mol. The molecule has 1 saturated carbocycles. The lowest BCUT2D eigenvalue weighted by molar-refractivity contribution is -0.155. The summed E-state index contributed by atoms with van der Waals surface area (Å²) in [4.78, 5) is 72.1. The zero-order valence-electron chi connectivity index (χ0n) is 28.4. The van der Waals surface area contributed by atoms with E-state index >= 15 is 4.39 Å². The van der Waals surface area contributed by atoms with Crippen LogP contribution in [0.3, 0.4) is 0 Å². The second kappa shape index (κ2) is 13.5. The van der Waals surface area contributed by atoms with Crippen molar-refractivity contribution >= 4 is 47.0 Å². The zero-order valence-corrected chi connectivity index (χ0v) is 29.2. The van der Waals surface area contributed by atoms with Gasteiger partial charge >= 0.3 is 0 Å². The van der Waals surface area contributed by atoms with E-state index in [1.54, 1.807) is 30.3 Å². The minimum atomic E-state index is -1.22. The second-order valence-electron chi connectivity index (χ2n) is 14.2. The second-order valence-corrected chi connectivity index (χ2v) is 14.6. The number of carbonyl (C=O) groups is 5. The first-order valence-corrected chi connectivity index (χ1v) is 17.9. The van der Waals surface area contributed by atoms with Gasteiger partial charge in [-0.1, -0.05) is 11.6 Å². The number of anilines is 1. The van der Waals surface area contributed by atoms with E-state index in [1.807, 2.05) is 6.07 Å². The van der Waals surface area contributed by atoms with Crippen molar-refractivity contribution in [2.75, 3.05) is 18.0 Å². The zero-order chi connectivity index (χ0) is 37.1. The van der Waals surface area contributed by atoms with Crippen LogP contribution in [-0.4, -0.2) is 97.8 Å². The first-order valence-electron chi connectivity index (χ1n) is 17.6. The molecule has 5 aliphatic heterocycles. The van der Waals surface area contributed by atoms with Crippen molar-refractivity contribution in [1.29, 1.82) is 5.26 Å². The molecule has 5 fully saturated rings. The maximum absolute atomic E-state index is 15.7. The highest BCUT2D eigenvalue weighted by molar-refractivity contribution is 6.31. The highest BCUT2D eigenvalue weighted by Gasteiger charge is 2.50. The minimum absolute atomic E-state index is 0.0330. The van der Waals surface area contributed by atoms with Crippen molar-refractivity contribution in [2.45, 2.75) is 81.8 Å². The van der Waals surface area contributed by atoms with Crippen LogP contribution in [0.4, 0.5) is 10.2 Å². The number of hydrogen-bond donors (Lipinski definition) is 1. The third-order valence-corrected chi connectivity index (χ3v) is 11.3. The van der Waals surface area contributed by atoms with E-state index in [1.165, 1.54) is 17.0 Å². The molecule has 0 radical (unpaired) electrons. The number of nitriles is 1. The number of amides is 5. The van der Waals surface area contributed by atoms with Gasteiger partial charge in [-0.15, -0.1) is 10.2 Å². The number of aromatic nitrogens is 2. The molecule has 1 aromatic heterocycles. The fourth-order valence-electron chi connectivity index (χ4n) is 8.50. The Kier molecular flexibility index (Phi) is 8.82. The molecule has 3 atom stereocenters. The van der Waals surface area contributed by atoms with Crippen LogP contribution in [0.2, 0.25) is 5.02 Å². The number of fused-ring (bicyclic) bond motifs is 3. The van der Waals surface area contributed by atoms with E-state index in [9.17, 15) is 24.0 Å². The summed E-state index contributed by atoms with van der Waals surface area (Å²) in [5.74, 6) is -2.94. The van der Waals surface area contributed by atoms with Crippen LogP contribution in [-0.2, 0) is 16.1 Å². The SMILES string of the molecule is N#Cc1ccc(OC2CCC(N3C(=O)CC[C@@H](N4C(=O)c5cc(CN6C[C@H]7C[C@H](C6)N7c6ccc(C(N)=O)nn6)cc(F)c5C4=O)C3=O)CC2)cc1Cl. The lowest BCUT2D eigenvalue weighted by Gasteiger charge is -2.56. The molecular formula is C37H34ClFN8O6. The Morgan fingerprint density at radius 2 is 1.70 bits per heavy atom. The molecule has 6 heterocycles. The van der Waals surface area contributed by atoms with Gasteiger partial charge in [0.1, 0.15) is 23.7 Å². The number of piperidine rings is 2. The number of ether oxygens (including phenoxy) is 1. The van der Waals surface area contributed by atoms with Crippen molar-refractivity contribution < 1.29 is 33.1 Å². The van der Waals surface area contributed by atoms with Crippen LogP contribution < -0.4 is 15.4 Å². The quantitative estimate of drug-likeness (QED) is 0.335. The van der Waals surface area contributed by atoms with Crippen LogP contribution in [0.1, 0.15) is 87.3 Å². The largest absolute Gasteiger partial charge is 0.490 e. The van der Waals surface area contributed by atoms with Gasteiger partial charge in [-0.25, -0.2) is 4.39 Å². The van der Waals surface area contributed by atoms with Crippen molar-refractivity contribution in [3.63, 3.8) is 0 Å². The number of carbonyl (C=O) groups excluding carboxylic acids is 5. The number of rotatable bonds is 8. The fourth-order valence-corrected chi connectivity index (χ4v) is 8.72. The maximum atomic E-state index is 15.7. The number of halogens is 2. The molecule has 9 rings (SSSR count). The van der Waals surface area contributed by atoms with E-state index in [-0.39, 0.29) is 58.8 Å². The van der Waals surface area contributed by atoms with Gasteiger partial charge in [0.15, 0.2) is 11.5 Å². The number of hydrogen-bond acceptors (Lipinski definition) is 11. The molecule has 16 heteroatoms. The van der Waals surface area contributed by atoms with Crippen LogP contribution >= 0.6 is 11.6 Å². The highest BCUT2D eigenvalue weighted by atomic mass is 35.5. The number of benzene rings is 2.